The van der Waals surface area contributed by atoms with E-state index >= 15 is 0 Å². The van der Waals surface area contributed by atoms with E-state index in [-0.39, 0.29) is 6.10 Å². The van der Waals surface area contributed by atoms with Crippen LogP contribution in [0.3, 0.4) is 0 Å². The fourth-order valence-corrected chi connectivity index (χ4v) is 2.52. The molecule has 0 aromatic heterocycles. The number of likely N-dealkylation sites (tertiary alicyclic amines) is 1. The van der Waals surface area contributed by atoms with Gasteiger partial charge in [-0.1, -0.05) is 6.92 Å². The fourth-order valence-electron chi connectivity index (χ4n) is 2.52. The van der Waals surface area contributed by atoms with Crippen molar-refractivity contribution in [3.05, 3.63) is 0 Å². The maximum Gasteiger partial charge on any atom is 0.0791 e. The molecule has 94 valence electrons. The fraction of sp³-hybridized carbons (Fsp3) is 1.00. The highest BCUT2D eigenvalue weighted by Crippen LogP contribution is 2.47. The van der Waals surface area contributed by atoms with Gasteiger partial charge in [0, 0.05) is 19.1 Å². The predicted octanol–water partition coefficient (Wildman–Crippen LogP) is 1.22. The number of hydrogen-bond acceptors (Lipinski definition) is 3. The lowest BCUT2D eigenvalue weighted by Crippen LogP contribution is -2.42. The van der Waals surface area contributed by atoms with Crippen LogP contribution in [0.5, 0.6) is 0 Å². The molecule has 3 nitrogen and oxygen atoms in total. The summed E-state index contributed by atoms with van der Waals surface area (Å²) in [4.78, 5) is 2.37. The number of aliphatic hydroxyl groups is 1. The zero-order chi connectivity index (χ0) is 11.6. The Bertz CT molecular complexity index is 222. The first-order valence-electron chi connectivity index (χ1n) is 6.74. The molecule has 2 unspecified atom stereocenters. The number of nitrogens with one attached hydrogen (secondary N) is 1. The van der Waals surface area contributed by atoms with Gasteiger partial charge in [-0.25, -0.2) is 0 Å². The van der Waals surface area contributed by atoms with Crippen molar-refractivity contribution in [1.29, 1.82) is 0 Å². The standard InChI is InChI=1S/C13H26N2O/c1-11(13(2)5-6-13)14-9-12(16)10-15-7-3-4-8-15/h11-12,14,16H,3-10H2,1-2H3. The number of hydrogen-bond donors (Lipinski definition) is 2. The van der Waals surface area contributed by atoms with E-state index < -0.39 is 0 Å². The van der Waals surface area contributed by atoms with E-state index in [1.54, 1.807) is 0 Å². The summed E-state index contributed by atoms with van der Waals surface area (Å²) >= 11 is 0. The highest BCUT2D eigenvalue weighted by atomic mass is 16.3. The zero-order valence-electron chi connectivity index (χ0n) is 10.7. The Hall–Kier alpha value is -0.120. The maximum absolute atomic E-state index is 9.94. The first-order chi connectivity index (χ1) is 7.60. The summed E-state index contributed by atoms with van der Waals surface area (Å²) in [6.07, 6.45) is 5.07. The Labute approximate surface area is 99.2 Å². The van der Waals surface area contributed by atoms with Crippen LogP contribution in [0.1, 0.15) is 39.5 Å². The highest BCUT2D eigenvalue weighted by molar-refractivity contribution is 4.96. The summed E-state index contributed by atoms with van der Waals surface area (Å²) in [5, 5.41) is 13.4. The Balaban J connectivity index is 1.61. The van der Waals surface area contributed by atoms with Crippen molar-refractivity contribution in [2.24, 2.45) is 5.41 Å². The molecule has 2 aliphatic rings. The zero-order valence-corrected chi connectivity index (χ0v) is 10.7. The van der Waals surface area contributed by atoms with Gasteiger partial charge in [-0.15, -0.1) is 0 Å². The van der Waals surface area contributed by atoms with Crippen LogP contribution in [0.25, 0.3) is 0 Å². The molecule has 3 heteroatoms. The quantitative estimate of drug-likeness (QED) is 0.715. The van der Waals surface area contributed by atoms with Gasteiger partial charge in [0.15, 0.2) is 0 Å². The third-order valence-corrected chi connectivity index (χ3v) is 4.41. The lowest BCUT2D eigenvalue weighted by molar-refractivity contribution is 0.118. The Morgan fingerprint density at radius 1 is 1.31 bits per heavy atom. The van der Waals surface area contributed by atoms with Crippen molar-refractivity contribution < 1.29 is 5.11 Å². The molecule has 16 heavy (non-hydrogen) atoms. The molecule has 0 radical (unpaired) electrons. The van der Waals surface area contributed by atoms with E-state index in [4.69, 9.17) is 0 Å². The summed E-state index contributed by atoms with van der Waals surface area (Å²) in [6.45, 7) is 8.51. The topological polar surface area (TPSA) is 35.5 Å². The summed E-state index contributed by atoms with van der Waals surface area (Å²) in [5.41, 5.74) is 0.507. The summed E-state index contributed by atoms with van der Waals surface area (Å²) in [5.74, 6) is 0. The van der Waals surface area contributed by atoms with Gasteiger partial charge in [-0.2, -0.15) is 0 Å². The average molecular weight is 226 g/mol. The molecule has 1 aliphatic carbocycles. The van der Waals surface area contributed by atoms with Gasteiger partial charge < -0.3 is 15.3 Å². The summed E-state index contributed by atoms with van der Waals surface area (Å²) in [7, 11) is 0. The van der Waals surface area contributed by atoms with E-state index in [2.05, 4.69) is 24.1 Å². The Kier molecular flexibility index (Phi) is 3.88. The molecule has 1 aliphatic heterocycles. The first-order valence-corrected chi connectivity index (χ1v) is 6.74. The smallest absolute Gasteiger partial charge is 0.0791 e. The molecule has 1 heterocycles. The molecule has 2 rings (SSSR count). The SMILES string of the molecule is CC(NCC(O)CN1CCCC1)C1(C)CC1. The molecule has 1 saturated carbocycles. The Morgan fingerprint density at radius 3 is 2.50 bits per heavy atom. The second kappa shape index (κ2) is 5.03. The largest absolute Gasteiger partial charge is 0.390 e. The van der Waals surface area contributed by atoms with Gasteiger partial charge in [-0.3, -0.25) is 0 Å². The number of β-amino-alcohol motifs (C(OH)–C–C–N with tert-alkyl or cyclic N) is 1. The van der Waals surface area contributed by atoms with Crippen molar-refractivity contribution in [1.82, 2.24) is 10.2 Å². The number of rotatable bonds is 6. The third-order valence-electron chi connectivity index (χ3n) is 4.41. The number of nitrogens with zero attached hydrogens (tertiary/aromatic N) is 1. The van der Waals surface area contributed by atoms with E-state index in [1.807, 2.05) is 0 Å². The molecular formula is C13H26N2O. The van der Waals surface area contributed by atoms with Gasteiger partial charge in [0.2, 0.25) is 0 Å². The monoisotopic (exact) mass is 226 g/mol. The van der Waals surface area contributed by atoms with Crippen LogP contribution in [0.2, 0.25) is 0 Å². The average Bonchev–Trinajstić information content (AvgIpc) is 2.79. The Morgan fingerprint density at radius 2 is 1.94 bits per heavy atom. The highest BCUT2D eigenvalue weighted by Gasteiger charge is 2.42. The third kappa shape index (κ3) is 3.19. The van der Waals surface area contributed by atoms with Crippen LogP contribution < -0.4 is 5.32 Å². The summed E-state index contributed by atoms with van der Waals surface area (Å²) in [6, 6.07) is 0.542. The van der Waals surface area contributed by atoms with Crippen molar-refractivity contribution in [2.45, 2.75) is 51.7 Å². The van der Waals surface area contributed by atoms with E-state index in [0.717, 1.165) is 13.1 Å². The molecule has 0 spiro atoms. The molecule has 2 atom stereocenters. The van der Waals surface area contributed by atoms with Gasteiger partial charge in [0.25, 0.3) is 0 Å². The molecule has 1 saturated heterocycles. The van der Waals surface area contributed by atoms with Gasteiger partial charge in [0.05, 0.1) is 6.10 Å². The van der Waals surface area contributed by atoms with E-state index in [1.165, 1.54) is 38.8 Å². The van der Waals surface area contributed by atoms with Crippen LogP contribution in [-0.2, 0) is 0 Å². The minimum atomic E-state index is -0.206. The van der Waals surface area contributed by atoms with Crippen molar-refractivity contribution in [2.75, 3.05) is 26.2 Å². The van der Waals surface area contributed by atoms with Gasteiger partial charge in [-0.05, 0) is 51.1 Å². The van der Waals surface area contributed by atoms with Crippen molar-refractivity contribution >= 4 is 0 Å². The van der Waals surface area contributed by atoms with Crippen LogP contribution in [0.15, 0.2) is 0 Å². The number of aliphatic hydroxyl groups excluding tert-OH is 1. The van der Waals surface area contributed by atoms with Gasteiger partial charge >= 0.3 is 0 Å². The van der Waals surface area contributed by atoms with Crippen LogP contribution in [0, 0.1) is 5.41 Å². The predicted molar refractivity (Wildman–Crippen MR) is 66.5 cm³/mol. The molecule has 0 aromatic carbocycles. The molecule has 0 aromatic rings. The lowest BCUT2D eigenvalue weighted by atomic mass is 10.0. The first kappa shape index (κ1) is 12.3. The van der Waals surface area contributed by atoms with Gasteiger partial charge in [0.1, 0.15) is 0 Å². The summed E-state index contributed by atoms with van der Waals surface area (Å²) < 4.78 is 0. The lowest BCUT2D eigenvalue weighted by Gasteiger charge is -2.24. The molecule has 2 N–H and O–H groups in total. The van der Waals surface area contributed by atoms with Crippen LogP contribution in [0.4, 0.5) is 0 Å². The minimum Gasteiger partial charge on any atom is -0.390 e. The second-order valence-corrected chi connectivity index (χ2v) is 5.95. The molecule has 2 fully saturated rings. The maximum atomic E-state index is 9.94. The normalized spacial score (nSPS) is 27.9. The van der Waals surface area contributed by atoms with Crippen molar-refractivity contribution in [3.63, 3.8) is 0 Å². The van der Waals surface area contributed by atoms with Crippen molar-refractivity contribution in [3.8, 4) is 0 Å². The van der Waals surface area contributed by atoms with Crippen LogP contribution >= 0.6 is 0 Å². The van der Waals surface area contributed by atoms with E-state index in [0.29, 0.717) is 11.5 Å². The molecule has 0 bridgehead atoms. The molecular weight excluding hydrogens is 200 g/mol. The minimum absolute atomic E-state index is 0.206. The second-order valence-electron chi connectivity index (χ2n) is 5.95. The van der Waals surface area contributed by atoms with Crippen LogP contribution in [-0.4, -0.2) is 48.3 Å². The molecule has 0 amide bonds. The van der Waals surface area contributed by atoms with E-state index in [9.17, 15) is 5.11 Å².